The van der Waals surface area contributed by atoms with E-state index >= 15 is 0 Å². The van der Waals surface area contributed by atoms with E-state index in [4.69, 9.17) is 14.2 Å². The van der Waals surface area contributed by atoms with Crippen molar-refractivity contribution in [2.45, 2.75) is 20.8 Å². The Morgan fingerprint density at radius 3 is 1.18 bits per heavy atom. The number of hydrogen-bond donors (Lipinski definition) is 0. The van der Waals surface area contributed by atoms with Gasteiger partial charge in [-0.1, -0.05) is 18.2 Å². The Morgan fingerprint density at radius 1 is 0.682 bits per heavy atom. The maximum absolute atomic E-state index is 11.3. The molecule has 0 N–H and O–H groups in total. The Morgan fingerprint density at radius 2 is 0.955 bits per heavy atom. The Kier molecular flexibility index (Phi) is 11.0. The van der Waals surface area contributed by atoms with Gasteiger partial charge in [-0.2, -0.15) is 0 Å². The molecule has 0 aromatic rings. The van der Waals surface area contributed by atoms with Crippen LogP contribution >= 0.6 is 0 Å². The highest BCUT2D eigenvalue weighted by Crippen LogP contribution is 2.03. The summed E-state index contributed by atoms with van der Waals surface area (Å²) in [6.07, 6.45) is 8.47. The summed E-state index contributed by atoms with van der Waals surface area (Å²) in [6, 6.07) is 0. The molecular weight excluding hydrogens is 288 g/mol. The van der Waals surface area contributed by atoms with Crippen LogP contribution in [0, 0.1) is 5.92 Å². The molecule has 0 rings (SSSR count). The van der Waals surface area contributed by atoms with Gasteiger partial charge in [-0.25, -0.2) is 14.4 Å². The molecule has 0 aromatic heterocycles. The van der Waals surface area contributed by atoms with Crippen LogP contribution in [0.1, 0.15) is 20.8 Å². The van der Waals surface area contributed by atoms with Crippen LogP contribution in [0.3, 0.4) is 0 Å². The van der Waals surface area contributed by atoms with E-state index in [1.54, 1.807) is 39.0 Å². The Labute approximate surface area is 130 Å². The molecule has 0 spiro atoms. The normalized spacial score (nSPS) is 11.5. The van der Waals surface area contributed by atoms with Gasteiger partial charge in [-0.3, -0.25) is 0 Å². The lowest BCUT2D eigenvalue weighted by Crippen LogP contribution is -2.25. The molecule has 0 aliphatic heterocycles. The summed E-state index contributed by atoms with van der Waals surface area (Å²) in [6.45, 7) is 5.02. The lowest BCUT2D eigenvalue weighted by Gasteiger charge is -2.16. The zero-order valence-corrected chi connectivity index (χ0v) is 13.1. The van der Waals surface area contributed by atoms with Gasteiger partial charge in [0, 0.05) is 18.2 Å². The third-order valence-electron chi connectivity index (χ3n) is 2.29. The van der Waals surface area contributed by atoms with E-state index in [1.807, 2.05) is 0 Å². The highest BCUT2D eigenvalue weighted by molar-refractivity contribution is 5.82. The van der Waals surface area contributed by atoms with Crippen LogP contribution in [0.5, 0.6) is 0 Å². The third-order valence-corrected chi connectivity index (χ3v) is 2.29. The summed E-state index contributed by atoms with van der Waals surface area (Å²) in [5, 5.41) is 0. The van der Waals surface area contributed by atoms with Crippen LogP contribution in [0.4, 0.5) is 0 Å². The van der Waals surface area contributed by atoms with E-state index in [1.165, 1.54) is 18.2 Å². The molecule has 122 valence electrons. The minimum atomic E-state index is -0.507. The average Bonchev–Trinajstić information content (AvgIpc) is 2.47. The van der Waals surface area contributed by atoms with E-state index in [9.17, 15) is 14.4 Å². The molecule has 0 unspecified atom stereocenters. The molecule has 0 saturated heterocycles. The number of esters is 3. The minimum absolute atomic E-state index is 0.0184. The lowest BCUT2D eigenvalue weighted by molar-refractivity contribution is -0.147. The highest BCUT2D eigenvalue weighted by atomic mass is 16.6. The molecule has 0 radical (unpaired) electrons. The maximum atomic E-state index is 11.3. The number of rotatable bonds is 9. The number of carbonyl (C=O) groups is 3. The fourth-order valence-electron chi connectivity index (χ4n) is 1.30. The standard InChI is InChI=1S/C16H22O6/c1-4-7-14(17)20-10-13(11-21-15(18)8-5-2)12-22-16(19)9-6-3/h4-9,13H,10-12H2,1-3H3/b7-4+,8-5+,9-6+. The molecule has 22 heavy (non-hydrogen) atoms. The fraction of sp³-hybridized carbons (Fsp3) is 0.438. The molecule has 6 nitrogen and oxygen atoms in total. The van der Waals surface area contributed by atoms with Crippen molar-refractivity contribution in [3.8, 4) is 0 Å². The van der Waals surface area contributed by atoms with E-state index in [-0.39, 0.29) is 19.8 Å². The minimum Gasteiger partial charge on any atom is -0.462 e. The van der Waals surface area contributed by atoms with Gasteiger partial charge in [0.25, 0.3) is 0 Å². The van der Waals surface area contributed by atoms with Crippen molar-refractivity contribution in [3.63, 3.8) is 0 Å². The summed E-state index contributed by atoms with van der Waals surface area (Å²) in [5.41, 5.74) is 0. The summed E-state index contributed by atoms with van der Waals surface area (Å²) in [4.78, 5) is 33.8. The van der Waals surface area contributed by atoms with Gasteiger partial charge in [0.1, 0.15) is 19.8 Å². The van der Waals surface area contributed by atoms with Crippen molar-refractivity contribution in [1.29, 1.82) is 0 Å². The summed E-state index contributed by atoms with van der Waals surface area (Å²) >= 11 is 0. The molecule has 0 aliphatic rings. The first-order chi connectivity index (χ1) is 10.5. The molecule has 0 heterocycles. The second-order valence-electron chi connectivity index (χ2n) is 4.26. The molecule has 0 aromatic carbocycles. The van der Waals surface area contributed by atoms with Crippen LogP contribution in [0.15, 0.2) is 36.5 Å². The van der Waals surface area contributed by atoms with Gasteiger partial charge < -0.3 is 14.2 Å². The van der Waals surface area contributed by atoms with E-state index < -0.39 is 23.8 Å². The summed E-state index contributed by atoms with van der Waals surface area (Å²) in [7, 11) is 0. The van der Waals surface area contributed by atoms with Gasteiger partial charge in [0.05, 0.1) is 5.92 Å². The number of hydrogen-bond acceptors (Lipinski definition) is 6. The quantitative estimate of drug-likeness (QED) is 0.368. The zero-order valence-electron chi connectivity index (χ0n) is 13.1. The summed E-state index contributed by atoms with van der Waals surface area (Å²) < 4.78 is 15.0. The van der Waals surface area contributed by atoms with Gasteiger partial charge in [-0.05, 0) is 20.8 Å². The van der Waals surface area contributed by atoms with Gasteiger partial charge in [-0.15, -0.1) is 0 Å². The van der Waals surface area contributed by atoms with Crippen molar-refractivity contribution in [1.82, 2.24) is 0 Å². The Hall–Kier alpha value is -2.37. The van der Waals surface area contributed by atoms with E-state index in [0.717, 1.165) is 0 Å². The third kappa shape index (κ3) is 10.4. The predicted octanol–water partition coefficient (Wildman–Crippen LogP) is 1.96. The van der Waals surface area contributed by atoms with Crippen LogP contribution in [0.25, 0.3) is 0 Å². The first kappa shape index (κ1) is 19.6. The van der Waals surface area contributed by atoms with Crippen LogP contribution in [0.2, 0.25) is 0 Å². The predicted molar refractivity (Wildman–Crippen MR) is 80.8 cm³/mol. The molecule has 0 aliphatic carbocycles. The first-order valence-corrected chi connectivity index (χ1v) is 6.91. The molecule has 0 amide bonds. The van der Waals surface area contributed by atoms with Crippen LogP contribution in [-0.2, 0) is 28.6 Å². The van der Waals surface area contributed by atoms with Crippen molar-refractivity contribution in [2.75, 3.05) is 19.8 Å². The average molecular weight is 310 g/mol. The second-order valence-corrected chi connectivity index (χ2v) is 4.26. The van der Waals surface area contributed by atoms with Gasteiger partial charge >= 0.3 is 17.9 Å². The number of ether oxygens (including phenoxy) is 3. The Balaban J connectivity index is 4.44. The Bertz CT molecular complexity index is 381. The molecule has 0 atom stereocenters. The molecule has 0 saturated carbocycles. The fourth-order valence-corrected chi connectivity index (χ4v) is 1.30. The van der Waals surface area contributed by atoms with Crippen LogP contribution in [-0.4, -0.2) is 37.7 Å². The topological polar surface area (TPSA) is 78.9 Å². The highest BCUT2D eigenvalue weighted by Gasteiger charge is 2.15. The molecule has 0 bridgehead atoms. The van der Waals surface area contributed by atoms with Gasteiger partial charge in [0.15, 0.2) is 0 Å². The van der Waals surface area contributed by atoms with E-state index in [0.29, 0.717) is 0 Å². The number of carbonyl (C=O) groups excluding carboxylic acids is 3. The summed E-state index contributed by atoms with van der Waals surface area (Å²) in [5.74, 6) is -1.95. The smallest absolute Gasteiger partial charge is 0.330 e. The van der Waals surface area contributed by atoms with Crippen molar-refractivity contribution in [2.24, 2.45) is 5.92 Å². The van der Waals surface area contributed by atoms with Crippen molar-refractivity contribution < 1.29 is 28.6 Å². The second kappa shape index (κ2) is 12.4. The maximum Gasteiger partial charge on any atom is 0.330 e. The van der Waals surface area contributed by atoms with Crippen LogP contribution < -0.4 is 0 Å². The molecule has 6 heteroatoms. The largest absolute Gasteiger partial charge is 0.462 e. The molecular formula is C16H22O6. The first-order valence-electron chi connectivity index (χ1n) is 6.91. The SMILES string of the molecule is C/C=C/C(=O)OCC(COC(=O)/C=C/C)COC(=O)/C=C/C. The van der Waals surface area contributed by atoms with E-state index in [2.05, 4.69) is 0 Å². The monoisotopic (exact) mass is 310 g/mol. The van der Waals surface area contributed by atoms with Crippen molar-refractivity contribution >= 4 is 17.9 Å². The van der Waals surface area contributed by atoms with Gasteiger partial charge in [0.2, 0.25) is 0 Å². The lowest BCUT2D eigenvalue weighted by atomic mass is 10.2. The molecule has 0 fully saturated rings. The zero-order chi connectivity index (χ0) is 16.8. The number of allylic oxidation sites excluding steroid dienone is 3. The van der Waals surface area contributed by atoms with Crippen molar-refractivity contribution in [3.05, 3.63) is 36.5 Å².